The highest BCUT2D eigenvalue weighted by Gasteiger charge is 2.37. The largest absolute Gasteiger partial charge is 0.468 e. The van der Waals surface area contributed by atoms with E-state index in [-0.39, 0.29) is 28.8 Å². The van der Waals surface area contributed by atoms with Crippen molar-refractivity contribution in [2.45, 2.75) is 17.5 Å². The number of alkyl halides is 1. The summed E-state index contributed by atoms with van der Waals surface area (Å²) in [4.78, 5) is 0. The predicted molar refractivity (Wildman–Crippen MR) is 63.5 cm³/mol. The van der Waals surface area contributed by atoms with E-state index in [1.807, 2.05) is 0 Å². The van der Waals surface area contributed by atoms with Gasteiger partial charge < -0.3 is 14.8 Å². The average Bonchev–Trinajstić information content (AvgIpc) is 2.92. The van der Waals surface area contributed by atoms with Gasteiger partial charge in [0.15, 0.2) is 9.84 Å². The summed E-state index contributed by atoms with van der Waals surface area (Å²) in [6.45, 7) is 1.09. The van der Waals surface area contributed by atoms with Crippen LogP contribution in [-0.4, -0.2) is 55.8 Å². The van der Waals surface area contributed by atoms with Crippen molar-refractivity contribution in [2.75, 3.05) is 24.7 Å². The zero-order chi connectivity index (χ0) is 11.8. The van der Waals surface area contributed by atoms with Gasteiger partial charge in [-0.1, -0.05) is 0 Å². The molecule has 2 fully saturated rings. The van der Waals surface area contributed by atoms with E-state index in [1.54, 1.807) is 0 Å². The van der Waals surface area contributed by atoms with E-state index in [4.69, 9.17) is 33.3 Å². The van der Waals surface area contributed by atoms with Crippen molar-refractivity contribution >= 4 is 38.8 Å². The number of ether oxygens (including phenoxy) is 2. The van der Waals surface area contributed by atoms with Crippen LogP contribution >= 0.6 is 23.8 Å². The number of halogens is 1. The molecule has 1 N–H and O–H groups in total. The van der Waals surface area contributed by atoms with Crippen LogP contribution in [0.3, 0.4) is 0 Å². The Morgan fingerprint density at radius 1 is 1.56 bits per heavy atom. The minimum atomic E-state index is -3.04. The highest BCUT2D eigenvalue weighted by atomic mass is 35.5. The fraction of sp³-hybridized carbons (Fsp3) is 0.875. The van der Waals surface area contributed by atoms with Crippen LogP contribution in [0.2, 0.25) is 0 Å². The van der Waals surface area contributed by atoms with Crippen molar-refractivity contribution in [1.29, 1.82) is 0 Å². The zero-order valence-electron chi connectivity index (χ0n) is 8.39. The van der Waals surface area contributed by atoms with Gasteiger partial charge in [0, 0.05) is 0 Å². The molecule has 0 amide bonds. The fourth-order valence-electron chi connectivity index (χ4n) is 1.46. The van der Waals surface area contributed by atoms with E-state index in [0.717, 1.165) is 0 Å². The molecule has 92 valence electrons. The summed E-state index contributed by atoms with van der Waals surface area (Å²) in [6.07, 6.45) is 0.124. The summed E-state index contributed by atoms with van der Waals surface area (Å²) in [5.74, 6) is -0.00876. The van der Waals surface area contributed by atoms with Gasteiger partial charge in [-0.25, -0.2) is 8.42 Å². The number of thiocarbonyl (C=S) groups is 1. The standard InChI is InChI=1S/C8H12ClNO4S2/c9-6-3-16(11,12)4-7(6)10-8(15)14-2-5-1-13-5/h5-7H,1-4H2,(H,10,15)/t5-,6+,7-/m1/s1. The summed E-state index contributed by atoms with van der Waals surface area (Å²) in [6, 6.07) is -0.362. The molecule has 2 saturated heterocycles. The molecule has 2 rings (SSSR count). The quantitative estimate of drug-likeness (QED) is 0.436. The molecule has 0 radical (unpaired) electrons. The molecule has 0 bridgehead atoms. The summed E-state index contributed by atoms with van der Waals surface area (Å²) in [5, 5.41) is 2.54. The molecule has 16 heavy (non-hydrogen) atoms. The lowest BCUT2D eigenvalue weighted by Gasteiger charge is -2.16. The first-order valence-corrected chi connectivity index (χ1v) is 7.52. The SMILES string of the molecule is O=S1(=O)C[C@H](Cl)[C@H](NC(=S)OC[C@H]2CO2)C1. The van der Waals surface area contributed by atoms with Crippen LogP contribution in [0.25, 0.3) is 0 Å². The smallest absolute Gasteiger partial charge is 0.257 e. The van der Waals surface area contributed by atoms with Crippen molar-refractivity contribution in [3.8, 4) is 0 Å². The van der Waals surface area contributed by atoms with Gasteiger partial charge in [0.25, 0.3) is 5.17 Å². The normalized spacial score (nSPS) is 35.7. The molecule has 0 aromatic rings. The lowest BCUT2D eigenvalue weighted by atomic mass is 10.3. The molecular weight excluding hydrogens is 274 g/mol. The number of nitrogens with one attached hydrogen (secondary N) is 1. The van der Waals surface area contributed by atoms with Crippen LogP contribution in [0, 0.1) is 0 Å². The molecule has 0 aromatic carbocycles. The minimum absolute atomic E-state index is 0.00456. The number of hydrogen-bond donors (Lipinski definition) is 1. The highest BCUT2D eigenvalue weighted by molar-refractivity contribution is 7.91. The third kappa shape index (κ3) is 3.44. The second-order valence-corrected chi connectivity index (χ2v) is 6.98. The van der Waals surface area contributed by atoms with E-state index in [2.05, 4.69) is 5.32 Å². The van der Waals surface area contributed by atoms with Gasteiger partial charge in [0.2, 0.25) is 0 Å². The average molecular weight is 286 g/mol. The van der Waals surface area contributed by atoms with Crippen LogP contribution in [0.4, 0.5) is 0 Å². The monoisotopic (exact) mass is 285 g/mol. The van der Waals surface area contributed by atoms with Crippen LogP contribution in [0.5, 0.6) is 0 Å². The zero-order valence-corrected chi connectivity index (χ0v) is 10.8. The van der Waals surface area contributed by atoms with E-state index < -0.39 is 15.2 Å². The van der Waals surface area contributed by atoms with E-state index in [1.165, 1.54) is 0 Å². The fourth-order valence-corrected chi connectivity index (χ4v) is 4.23. The Morgan fingerprint density at radius 3 is 2.75 bits per heavy atom. The highest BCUT2D eigenvalue weighted by Crippen LogP contribution is 2.18. The first-order valence-electron chi connectivity index (χ1n) is 4.86. The maximum absolute atomic E-state index is 11.3. The van der Waals surface area contributed by atoms with Gasteiger partial charge >= 0.3 is 0 Å². The third-order valence-corrected chi connectivity index (χ3v) is 5.00. The second kappa shape index (κ2) is 4.64. The predicted octanol–water partition coefficient (Wildman–Crippen LogP) is -0.319. The third-order valence-electron chi connectivity index (χ3n) is 2.39. The van der Waals surface area contributed by atoms with Crippen molar-refractivity contribution in [3.63, 3.8) is 0 Å². The molecule has 0 spiro atoms. The Bertz CT molecular complexity index is 381. The molecule has 3 atom stereocenters. The van der Waals surface area contributed by atoms with E-state index in [9.17, 15) is 8.42 Å². The molecule has 2 aliphatic rings. The minimum Gasteiger partial charge on any atom is -0.468 e. The Hall–Kier alpha value is -0.110. The summed E-state index contributed by atoms with van der Waals surface area (Å²) < 4.78 is 32.7. The Kier molecular flexibility index (Phi) is 3.58. The lowest BCUT2D eigenvalue weighted by molar-refractivity contribution is 0.247. The molecule has 0 aliphatic carbocycles. The van der Waals surface area contributed by atoms with Crippen LogP contribution in [0.15, 0.2) is 0 Å². The maximum atomic E-state index is 11.3. The molecule has 0 saturated carbocycles. The Labute approximate surface area is 104 Å². The molecular formula is C8H12ClNO4S2. The molecule has 2 heterocycles. The van der Waals surface area contributed by atoms with Crippen molar-refractivity contribution < 1.29 is 17.9 Å². The number of hydrogen-bond acceptors (Lipinski definition) is 5. The summed E-state index contributed by atoms with van der Waals surface area (Å²) >= 11 is 10.8. The first-order chi connectivity index (χ1) is 7.46. The number of rotatable bonds is 3. The van der Waals surface area contributed by atoms with Gasteiger partial charge in [-0.15, -0.1) is 11.6 Å². The molecule has 0 aromatic heterocycles. The Morgan fingerprint density at radius 2 is 2.25 bits per heavy atom. The number of sulfone groups is 1. The topological polar surface area (TPSA) is 67.9 Å². The van der Waals surface area contributed by atoms with E-state index >= 15 is 0 Å². The van der Waals surface area contributed by atoms with Crippen molar-refractivity contribution in [3.05, 3.63) is 0 Å². The molecule has 2 aliphatic heterocycles. The molecule has 5 nitrogen and oxygen atoms in total. The van der Waals surface area contributed by atoms with Gasteiger partial charge in [-0.2, -0.15) is 0 Å². The number of epoxide rings is 1. The van der Waals surface area contributed by atoms with Gasteiger partial charge in [-0.3, -0.25) is 0 Å². The second-order valence-electron chi connectivity index (χ2n) is 3.90. The van der Waals surface area contributed by atoms with Gasteiger partial charge in [-0.05, 0) is 12.2 Å². The molecule has 8 heteroatoms. The van der Waals surface area contributed by atoms with Gasteiger partial charge in [0.05, 0.1) is 29.5 Å². The van der Waals surface area contributed by atoms with Crippen molar-refractivity contribution in [1.82, 2.24) is 5.32 Å². The lowest BCUT2D eigenvalue weighted by Crippen LogP contribution is -2.41. The molecule has 0 unspecified atom stereocenters. The van der Waals surface area contributed by atoms with E-state index in [0.29, 0.717) is 13.2 Å². The Balaban J connectivity index is 1.77. The van der Waals surface area contributed by atoms with Crippen molar-refractivity contribution in [2.24, 2.45) is 0 Å². The summed E-state index contributed by atoms with van der Waals surface area (Å²) in [7, 11) is -3.04. The van der Waals surface area contributed by atoms with Crippen LogP contribution < -0.4 is 5.32 Å². The van der Waals surface area contributed by atoms with Gasteiger partial charge in [0.1, 0.15) is 12.7 Å². The summed E-state index contributed by atoms with van der Waals surface area (Å²) in [5.41, 5.74) is 0. The maximum Gasteiger partial charge on any atom is 0.257 e. The van der Waals surface area contributed by atoms with Crippen LogP contribution in [-0.2, 0) is 19.3 Å². The van der Waals surface area contributed by atoms with Crippen LogP contribution in [0.1, 0.15) is 0 Å². The first kappa shape index (κ1) is 12.3.